The number of fused-ring (bicyclic) bond motifs is 1. The topological polar surface area (TPSA) is 88.2 Å². The second-order valence-corrected chi connectivity index (χ2v) is 7.98. The number of nitrogens with one attached hydrogen (secondary N) is 1. The van der Waals surface area contributed by atoms with E-state index < -0.39 is 0 Å². The van der Waals surface area contributed by atoms with Crippen molar-refractivity contribution in [1.82, 2.24) is 24.3 Å². The minimum Gasteiger partial charge on any atom is -0.393 e. The maximum atomic E-state index is 9.71. The summed E-state index contributed by atoms with van der Waals surface area (Å²) in [5, 5.41) is 13.6. The first-order valence-corrected chi connectivity index (χ1v) is 10.4. The van der Waals surface area contributed by atoms with E-state index >= 15 is 0 Å². The molecule has 1 aliphatic rings. The Labute approximate surface area is 178 Å². The molecule has 0 amide bonds. The highest BCUT2D eigenvalue weighted by Gasteiger charge is 2.21. The van der Waals surface area contributed by atoms with Crippen molar-refractivity contribution in [3.8, 4) is 22.5 Å². The molecule has 0 unspecified atom stereocenters. The average Bonchev–Trinajstić information content (AvgIpc) is 3.20. The zero-order valence-electron chi connectivity index (χ0n) is 16.2. The minimum atomic E-state index is -0.197. The van der Waals surface area contributed by atoms with Gasteiger partial charge in [-0.3, -0.25) is 9.38 Å². The Morgan fingerprint density at radius 1 is 1.00 bits per heavy atom. The summed E-state index contributed by atoms with van der Waals surface area (Å²) in [5.41, 5.74) is 4.28. The predicted molar refractivity (Wildman–Crippen MR) is 116 cm³/mol. The molecule has 1 aliphatic carbocycles. The number of rotatable bonds is 4. The molecule has 5 rings (SSSR count). The van der Waals surface area contributed by atoms with Gasteiger partial charge in [-0.2, -0.15) is 0 Å². The van der Waals surface area contributed by atoms with Gasteiger partial charge in [0.25, 0.3) is 0 Å². The van der Waals surface area contributed by atoms with E-state index in [2.05, 4.69) is 20.3 Å². The molecule has 4 aromatic rings. The first kappa shape index (κ1) is 19.0. The summed E-state index contributed by atoms with van der Waals surface area (Å²) in [6.45, 7) is 0. The molecule has 7 nitrogen and oxygen atoms in total. The lowest BCUT2D eigenvalue weighted by molar-refractivity contribution is 0.126. The van der Waals surface area contributed by atoms with Crippen LogP contribution in [0.4, 0.5) is 5.95 Å². The van der Waals surface area contributed by atoms with Gasteiger partial charge in [-0.1, -0.05) is 17.7 Å². The normalized spacial score (nSPS) is 19.1. The van der Waals surface area contributed by atoms with E-state index in [-0.39, 0.29) is 12.1 Å². The number of halogens is 1. The van der Waals surface area contributed by atoms with Crippen molar-refractivity contribution in [2.24, 2.45) is 0 Å². The summed E-state index contributed by atoms with van der Waals surface area (Å²) in [6.07, 6.45) is 12.2. The van der Waals surface area contributed by atoms with E-state index in [1.807, 2.05) is 41.1 Å². The number of pyridine rings is 2. The maximum absolute atomic E-state index is 9.71. The van der Waals surface area contributed by atoms with Crippen LogP contribution in [0.2, 0.25) is 5.02 Å². The zero-order valence-corrected chi connectivity index (χ0v) is 17.0. The second-order valence-electron chi connectivity index (χ2n) is 7.57. The monoisotopic (exact) mass is 420 g/mol. The van der Waals surface area contributed by atoms with Crippen LogP contribution in [-0.2, 0) is 0 Å². The molecule has 4 heterocycles. The van der Waals surface area contributed by atoms with E-state index in [4.69, 9.17) is 16.6 Å². The number of imidazole rings is 1. The van der Waals surface area contributed by atoms with Crippen LogP contribution in [0.1, 0.15) is 25.7 Å². The third-order valence-electron chi connectivity index (χ3n) is 5.52. The number of hydrogen-bond acceptors (Lipinski definition) is 6. The second kappa shape index (κ2) is 8.01. The largest absolute Gasteiger partial charge is 0.393 e. The number of hydrogen-bond donors (Lipinski definition) is 2. The first-order valence-electron chi connectivity index (χ1n) is 10.0. The fraction of sp³-hybridized carbons (Fsp3) is 0.273. The summed E-state index contributed by atoms with van der Waals surface area (Å²) in [6, 6.07) is 8.17. The summed E-state index contributed by atoms with van der Waals surface area (Å²) in [5.74, 6) is 0.536. The van der Waals surface area contributed by atoms with Gasteiger partial charge >= 0.3 is 0 Å². The third kappa shape index (κ3) is 3.74. The Morgan fingerprint density at radius 2 is 1.87 bits per heavy atom. The van der Waals surface area contributed by atoms with Crippen LogP contribution in [-0.4, -0.2) is 41.6 Å². The van der Waals surface area contributed by atoms with Crippen LogP contribution in [0.25, 0.3) is 28.2 Å². The number of aromatic nitrogens is 5. The Morgan fingerprint density at radius 3 is 2.67 bits per heavy atom. The van der Waals surface area contributed by atoms with Gasteiger partial charge in [0.05, 0.1) is 29.2 Å². The Hall–Kier alpha value is -3.03. The Balaban J connectivity index is 1.50. The number of aliphatic hydroxyl groups excluding tert-OH is 1. The van der Waals surface area contributed by atoms with Crippen molar-refractivity contribution in [3.05, 3.63) is 60.3 Å². The molecule has 0 atom stereocenters. The van der Waals surface area contributed by atoms with Crippen LogP contribution < -0.4 is 5.32 Å². The van der Waals surface area contributed by atoms with Gasteiger partial charge < -0.3 is 10.4 Å². The molecule has 2 N–H and O–H groups in total. The maximum Gasteiger partial charge on any atom is 0.223 e. The van der Waals surface area contributed by atoms with E-state index in [1.54, 1.807) is 18.6 Å². The van der Waals surface area contributed by atoms with Crippen LogP contribution in [0.15, 0.2) is 55.2 Å². The van der Waals surface area contributed by atoms with Gasteiger partial charge in [-0.15, -0.1) is 0 Å². The van der Waals surface area contributed by atoms with Crippen molar-refractivity contribution in [2.75, 3.05) is 5.32 Å². The molecule has 0 spiro atoms. The van der Waals surface area contributed by atoms with Crippen molar-refractivity contribution >= 4 is 23.2 Å². The zero-order chi connectivity index (χ0) is 20.5. The standard InChI is InChI=1S/C22H21ClN6O/c23-18-11-26-22(27-16-4-6-17(30)7-5-16)28-21(18)19-12-25-20-8-3-15(13-29(19)20)14-2-1-9-24-10-14/h1-3,8-13,16-17,30H,4-7H2,(H,26,27,28)/t16-,17-. The lowest BCUT2D eigenvalue weighted by Crippen LogP contribution is -2.29. The van der Waals surface area contributed by atoms with Gasteiger partial charge in [0.1, 0.15) is 11.3 Å². The molecular weight excluding hydrogens is 400 g/mol. The van der Waals surface area contributed by atoms with E-state index in [9.17, 15) is 5.11 Å². The number of nitrogens with zero attached hydrogens (tertiary/aromatic N) is 5. The number of anilines is 1. The van der Waals surface area contributed by atoms with Crippen LogP contribution in [0, 0.1) is 0 Å². The van der Waals surface area contributed by atoms with Gasteiger partial charge in [0.15, 0.2) is 0 Å². The summed E-state index contributed by atoms with van der Waals surface area (Å²) in [7, 11) is 0. The third-order valence-corrected chi connectivity index (χ3v) is 5.79. The fourth-order valence-electron chi connectivity index (χ4n) is 3.88. The van der Waals surface area contributed by atoms with Crippen molar-refractivity contribution < 1.29 is 5.11 Å². The van der Waals surface area contributed by atoms with Gasteiger partial charge in [0.2, 0.25) is 5.95 Å². The summed E-state index contributed by atoms with van der Waals surface area (Å²) < 4.78 is 1.98. The molecule has 1 fully saturated rings. The SMILES string of the molecule is O[C@H]1CC[C@H](Nc2ncc(Cl)c(-c3cnc4ccc(-c5cccnc5)cn34)n2)CC1. The predicted octanol–water partition coefficient (Wildman–Crippen LogP) is 4.22. The van der Waals surface area contributed by atoms with E-state index in [1.165, 1.54) is 0 Å². The average molecular weight is 421 g/mol. The van der Waals surface area contributed by atoms with Gasteiger partial charge in [-0.25, -0.2) is 15.0 Å². The highest BCUT2D eigenvalue weighted by molar-refractivity contribution is 6.32. The van der Waals surface area contributed by atoms with Crippen molar-refractivity contribution in [1.29, 1.82) is 0 Å². The molecular formula is C22H21ClN6O. The Bertz CT molecular complexity index is 1170. The quantitative estimate of drug-likeness (QED) is 0.513. The van der Waals surface area contributed by atoms with Crippen LogP contribution in [0.3, 0.4) is 0 Å². The molecule has 1 saturated carbocycles. The molecule has 4 aromatic heterocycles. The van der Waals surface area contributed by atoms with E-state index in [0.29, 0.717) is 16.7 Å². The molecule has 0 bridgehead atoms. The molecule has 0 saturated heterocycles. The van der Waals surface area contributed by atoms with Gasteiger partial charge in [0, 0.05) is 35.8 Å². The molecule has 0 aromatic carbocycles. The van der Waals surface area contributed by atoms with Gasteiger partial charge in [-0.05, 0) is 43.9 Å². The molecule has 30 heavy (non-hydrogen) atoms. The van der Waals surface area contributed by atoms with Crippen molar-refractivity contribution in [3.63, 3.8) is 0 Å². The van der Waals surface area contributed by atoms with Crippen LogP contribution in [0.5, 0.6) is 0 Å². The molecule has 8 heteroatoms. The molecule has 0 radical (unpaired) electrons. The van der Waals surface area contributed by atoms with E-state index in [0.717, 1.165) is 48.2 Å². The first-order chi connectivity index (χ1) is 14.7. The summed E-state index contributed by atoms with van der Waals surface area (Å²) >= 11 is 6.47. The lowest BCUT2D eigenvalue weighted by atomic mass is 9.93. The molecule has 152 valence electrons. The Kier molecular flexibility index (Phi) is 5.06. The van der Waals surface area contributed by atoms with Crippen molar-refractivity contribution in [2.45, 2.75) is 37.8 Å². The highest BCUT2D eigenvalue weighted by atomic mass is 35.5. The lowest BCUT2D eigenvalue weighted by Gasteiger charge is -2.26. The smallest absolute Gasteiger partial charge is 0.223 e. The van der Waals surface area contributed by atoms with Crippen LogP contribution >= 0.6 is 11.6 Å². The number of aliphatic hydroxyl groups is 1. The minimum absolute atomic E-state index is 0.197. The highest BCUT2D eigenvalue weighted by Crippen LogP contribution is 2.29. The molecule has 0 aliphatic heterocycles. The summed E-state index contributed by atoms with van der Waals surface area (Å²) in [4.78, 5) is 17.8. The fourth-order valence-corrected chi connectivity index (χ4v) is 4.07.